The first-order chi connectivity index (χ1) is 9.11. The number of hydrogen-bond acceptors (Lipinski definition) is 3. The molecular formula is C12H12BrClN4S. The summed E-state index contributed by atoms with van der Waals surface area (Å²) in [6.45, 7) is 2.73. The highest BCUT2D eigenvalue weighted by Gasteiger charge is 2.17. The van der Waals surface area contributed by atoms with Gasteiger partial charge in [-0.3, -0.25) is 4.68 Å². The summed E-state index contributed by atoms with van der Waals surface area (Å²) in [6, 6.07) is 2.06. The third-order valence-electron chi connectivity index (χ3n) is 3.08. The minimum Gasteiger partial charge on any atom is -0.307 e. The van der Waals surface area contributed by atoms with Crippen molar-refractivity contribution in [3.05, 3.63) is 32.3 Å². The van der Waals surface area contributed by atoms with Crippen molar-refractivity contribution in [2.45, 2.75) is 19.3 Å². The number of aromatic nitrogens is 4. The Bertz CT molecular complexity index is 742. The topological polar surface area (TPSA) is 35.6 Å². The van der Waals surface area contributed by atoms with Gasteiger partial charge in [-0.15, -0.1) is 22.9 Å². The Morgan fingerprint density at radius 3 is 2.89 bits per heavy atom. The summed E-state index contributed by atoms with van der Waals surface area (Å²) in [5.41, 5.74) is 2.90. The van der Waals surface area contributed by atoms with Gasteiger partial charge in [0, 0.05) is 16.4 Å². The standard InChI is InChI=1S/C12H12BrClN4S/c1-7-11-12(17(2)16-7)18(10(5-14)15-11)6-9-8(13)3-4-19-9/h3-4H,5-6H2,1-2H3. The Morgan fingerprint density at radius 2 is 2.26 bits per heavy atom. The molecule has 0 fully saturated rings. The van der Waals surface area contributed by atoms with E-state index in [0.29, 0.717) is 5.88 Å². The maximum absolute atomic E-state index is 6.02. The fraction of sp³-hybridized carbons (Fsp3) is 0.333. The summed E-state index contributed by atoms with van der Waals surface area (Å²) >= 11 is 11.3. The van der Waals surface area contributed by atoms with Crippen LogP contribution >= 0.6 is 38.9 Å². The maximum atomic E-state index is 6.02. The lowest BCUT2D eigenvalue weighted by Gasteiger charge is -2.07. The third kappa shape index (κ3) is 2.11. The number of nitrogens with zero attached hydrogens (tertiary/aromatic N) is 4. The van der Waals surface area contributed by atoms with Gasteiger partial charge in [-0.1, -0.05) is 0 Å². The van der Waals surface area contributed by atoms with Gasteiger partial charge in [-0.05, 0) is 34.3 Å². The highest BCUT2D eigenvalue weighted by atomic mass is 79.9. The van der Waals surface area contributed by atoms with Crippen molar-refractivity contribution in [3.8, 4) is 0 Å². The number of thiophene rings is 1. The molecule has 0 amide bonds. The molecule has 0 atom stereocenters. The number of imidazole rings is 1. The smallest absolute Gasteiger partial charge is 0.159 e. The lowest BCUT2D eigenvalue weighted by Crippen LogP contribution is -2.07. The zero-order valence-corrected chi connectivity index (χ0v) is 13.7. The zero-order valence-electron chi connectivity index (χ0n) is 10.5. The van der Waals surface area contributed by atoms with Crippen molar-refractivity contribution < 1.29 is 0 Å². The third-order valence-corrected chi connectivity index (χ3v) is 5.23. The molecule has 3 rings (SSSR count). The summed E-state index contributed by atoms with van der Waals surface area (Å²) in [4.78, 5) is 5.85. The molecule has 0 aromatic carbocycles. The fourth-order valence-electron chi connectivity index (χ4n) is 2.23. The van der Waals surface area contributed by atoms with Gasteiger partial charge in [0.1, 0.15) is 11.3 Å². The lowest BCUT2D eigenvalue weighted by molar-refractivity contribution is 0.706. The lowest BCUT2D eigenvalue weighted by atomic mass is 10.4. The minimum absolute atomic E-state index is 0.400. The van der Waals surface area contributed by atoms with Gasteiger partial charge in [0.15, 0.2) is 5.65 Å². The average Bonchev–Trinajstić information content (AvgIpc) is 3.00. The molecule has 0 saturated heterocycles. The van der Waals surface area contributed by atoms with Crippen molar-refractivity contribution in [3.63, 3.8) is 0 Å². The Morgan fingerprint density at radius 1 is 1.47 bits per heavy atom. The SMILES string of the molecule is Cc1nn(C)c2c1nc(CCl)n2Cc1sccc1Br. The summed E-state index contributed by atoms with van der Waals surface area (Å²) in [5, 5.41) is 6.49. The molecule has 0 aliphatic heterocycles. The van der Waals surface area contributed by atoms with Crippen molar-refractivity contribution in [1.29, 1.82) is 0 Å². The van der Waals surface area contributed by atoms with Crippen molar-refractivity contribution >= 4 is 50.0 Å². The van der Waals surface area contributed by atoms with E-state index >= 15 is 0 Å². The van der Waals surface area contributed by atoms with Crippen LogP contribution in [0.25, 0.3) is 11.2 Å². The van der Waals surface area contributed by atoms with Gasteiger partial charge >= 0.3 is 0 Å². The van der Waals surface area contributed by atoms with Crippen LogP contribution in [-0.4, -0.2) is 19.3 Å². The van der Waals surface area contributed by atoms with Gasteiger partial charge in [0.05, 0.1) is 18.1 Å². The normalized spacial score (nSPS) is 11.6. The monoisotopic (exact) mass is 358 g/mol. The average molecular weight is 360 g/mol. The van der Waals surface area contributed by atoms with Crippen LogP contribution in [0, 0.1) is 6.92 Å². The molecular weight excluding hydrogens is 348 g/mol. The molecule has 0 spiro atoms. The van der Waals surface area contributed by atoms with Crippen LogP contribution in [-0.2, 0) is 19.5 Å². The van der Waals surface area contributed by atoms with E-state index in [-0.39, 0.29) is 0 Å². The van der Waals surface area contributed by atoms with Gasteiger partial charge in [-0.2, -0.15) is 5.10 Å². The predicted octanol–water partition coefficient (Wildman–Crippen LogP) is 3.69. The molecule has 0 aliphatic carbocycles. The van der Waals surface area contributed by atoms with Gasteiger partial charge in [0.25, 0.3) is 0 Å². The van der Waals surface area contributed by atoms with Crippen LogP contribution in [0.3, 0.4) is 0 Å². The number of hydrogen-bond donors (Lipinski definition) is 0. The molecule has 0 saturated carbocycles. The second-order valence-electron chi connectivity index (χ2n) is 4.32. The Balaban J connectivity index is 2.18. The molecule has 3 aromatic rings. The van der Waals surface area contributed by atoms with Crippen LogP contribution in [0.4, 0.5) is 0 Å². The molecule has 7 heteroatoms. The molecule has 0 unspecified atom stereocenters. The van der Waals surface area contributed by atoms with E-state index in [1.165, 1.54) is 4.88 Å². The molecule has 3 heterocycles. The van der Waals surface area contributed by atoms with Crippen molar-refractivity contribution in [2.75, 3.05) is 0 Å². The van der Waals surface area contributed by atoms with E-state index < -0.39 is 0 Å². The second-order valence-corrected chi connectivity index (χ2v) is 6.44. The quantitative estimate of drug-likeness (QED) is 0.669. The molecule has 3 aromatic heterocycles. The Kier molecular flexibility index (Phi) is 3.41. The first-order valence-corrected chi connectivity index (χ1v) is 7.99. The summed E-state index contributed by atoms with van der Waals surface area (Å²) in [7, 11) is 1.94. The zero-order chi connectivity index (χ0) is 13.6. The number of halogens is 2. The number of fused-ring (bicyclic) bond motifs is 1. The van der Waals surface area contributed by atoms with Crippen LogP contribution in [0.2, 0.25) is 0 Å². The molecule has 4 nitrogen and oxygen atoms in total. The first-order valence-electron chi connectivity index (χ1n) is 5.78. The van der Waals surface area contributed by atoms with Crippen molar-refractivity contribution in [2.24, 2.45) is 7.05 Å². The number of alkyl halides is 1. The molecule has 100 valence electrons. The first kappa shape index (κ1) is 13.1. The van der Waals surface area contributed by atoms with E-state index in [1.807, 2.05) is 18.7 Å². The van der Waals surface area contributed by atoms with Crippen LogP contribution < -0.4 is 0 Å². The van der Waals surface area contributed by atoms with E-state index in [9.17, 15) is 0 Å². The summed E-state index contributed by atoms with van der Waals surface area (Å²) in [5.74, 6) is 1.28. The minimum atomic E-state index is 0.400. The maximum Gasteiger partial charge on any atom is 0.159 e. The second kappa shape index (κ2) is 4.92. The highest BCUT2D eigenvalue weighted by Crippen LogP contribution is 2.27. The van der Waals surface area contributed by atoms with Gasteiger partial charge in [-0.25, -0.2) is 4.98 Å². The summed E-state index contributed by atoms with van der Waals surface area (Å²) in [6.07, 6.45) is 0. The highest BCUT2D eigenvalue weighted by molar-refractivity contribution is 9.10. The Labute approximate surface area is 128 Å². The van der Waals surface area contributed by atoms with E-state index in [2.05, 4.69) is 42.0 Å². The summed E-state index contributed by atoms with van der Waals surface area (Å²) < 4.78 is 5.13. The largest absolute Gasteiger partial charge is 0.307 e. The molecule has 19 heavy (non-hydrogen) atoms. The van der Waals surface area contributed by atoms with Crippen LogP contribution in [0.15, 0.2) is 15.9 Å². The van der Waals surface area contributed by atoms with Crippen LogP contribution in [0.5, 0.6) is 0 Å². The van der Waals surface area contributed by atoms with E-state index in [1.54, 1.807) is 11.3 Å². The van der Waals surface area contributed by atoms with Gasteiger partial charge in [0.2, 0.25) is 0 Å². The molecule has 0 N–H and O–H groups in total. The fourth-order valence-corrected chi connectivity index (χ4v) is 3.90. The van der Waals surface area contributed by atoms with Gasteiger partial charge < -0.3 is 4.57 Å². The Hall–Kier alpha value is -0.850. The number of aryl methyl sites for hydroxylation is 2. The molecule has 0 bridgehead atoms. The predicted molar refractivity (Wildman–Crippen MR) is 81.9 cm³/mol. The van der Waals surface area contributed by atoms with E-state index in [0.717, 1.165) is 33.7 Å². The number of rotatable bonds is 3. The van der Waals surface area contributed by atoms with Crippen LogP contribution in [0.1, 0.15) is 16.4 Å². The van der Waals surface area contributed by atoms with Crippen molar-refractivity contribution in [1.82, 2.24) is 19.3 Å². The molecule has 0 radical (unpaired) electrons. The van der Waals surface area contributed by atoms with E-state index in [4.69, 9.17) is 11.6 Å². The molecule has 0 aliphatic rings.